The third kappa shape index (κ3) is 5.69. The highest BCUT2D eigenvalue weighted by molar-refractivity contribution is 7.80. The molecule has 2 heterocycles. The molecule has 1 aliphatic rings. The van der Waals surface area contributed by atoms with Gasteiger partial charge in [0, 0.05) is 29.2 Å². The normalized spacial score (nSPS) is 12.7. The maximum Gasteiger partial charge on any atom is 0.253 e. The summed E-state index contributed by atoms with van der Waals surface area (Å²) in [5.41, 5.74) is 4.56. The summed E-state index contributed by atoms with van der Waals surface area (Å²) in [5, 5.41) is 4.90. The van der Waals surface area contributed by atoms with Gasteiger partial charge in [0.1, 0.15) is 13.2 Å². The largest absolute Gasteiger partial charge is 0.486 e. The Hall–Kier alpha value is -3.10. The van der Waals surface area contributed by atoms with E-state index in [2.05, 4.69) is 60.2 Å². The lowest BCUT2D eigenvalue weighted by Gasteiger charge is -2.27. The molecule has 0 radical (unpaired) electrons. The topological polar surface area (TPSA) is 69.8 Å². The highest BCUT2D eigenvalue weighted by Gasteiger charge is 2.17. The average molecular weight is 481 g/mol. The lowest BCUT2D eigenvalue weighted by Crippen LogP contribution is -2.37. The highest BCUT2D eigenvalue weighted by atomic mass is 32.1. The van der Waals surface area contributed by atoms with Crippen LogP contribution < -0.4 is 20.3 Å². The van der Waals surface area contributed by atoms with Crippen LogP contribution in [0.1, 0.15) is 23.1 Å². The minimum absolute atomic E-state index is 0.129. The standard InChI is InChI=1S/C26H32N4O3S/c1-17-6-7-21(18(2)12-17)28-26(34)30(9-5-8-29(3)4)16-20-13-19-14-23-24(33-11-10-32-23)15-22(19)27-25(20)31/h6-7,12-15H,5,8-11,16H2,1-4H3,(H,27,31)(H,28,34). The molecule has 180 valence electrons. The van der Waals surface area contributed by atoms with Crippen molar-refractivity contribution in [1.82, 2.24) is 14.8 Å². The first-order valence-electron chi connectivity index (χ1n) is 11.5. The first kappa shape index (κ1) is 24.0. The second-order valence-electron chi connectivity index (χ2n) is 9.03. The van der Waals surface area contributed by atoms with Gasteiger partial charge < -0.3 is 29.6 Å². The van der Waals surface area contributed by atoms with Crippen molar-refractivity contribution in [1.29, 1.82) is 0 Å². The average Bonchev–Trinajstić information content (AvgIpc) is 2.79. The van der Waals surface area contributed by atoms with E-state index in [9.17, 15) is 4.79 Å². The Balaban J connectivity index is 1.60. The summed E-state index contributed by atoms with van der Waals surface area (Å²) in [6.07, 6.45) is 0.922. The second kappa shape index (κ2) is 10.4. The van der Waals surface area contributed by atoms with E-state index in [1.54, 1.807) is 0 Å². The van der Waals surface area contributed by atoms with Crippen LogP contribution in [0.3, 0.4) is 0 Å². The van der Waals surface area contributed by atoms with Crippen LogP contribution in [0.4, 0.5) is 5.69 Å². The van der Waals surface area contributed by atoms with E-state index in [0.29, 0.717) is 41.9 Å². The van der Waals surface area contributed by atoms with Crippen LogP contribution in [0.25, 0.3) is 10.9 Å². The number of hydrogen-bond acceptors (Lipinski definition) is 5. The summed E-state index contributed by atoms with van der Waals surface area (Å²) in [7, 11) is 4.11. The summed E-state index contributed by atoms with van der Waals surface area (Å²) < 4.78 is 11.4. The molecular formula is C26H32N4O3S. The summed E-state index contributed by atoms with van der Waals surface area (Å²) in [6, 6.07) is 11.9. The number of pyridine rings is 1. The summed E-state index contributed by atoms with van der Waals surface area (Å²) >= 11 is 5.80. The van der Waals surface area contributed by atoms with E-state index in [1.807, 2.05) is 24.3 Å². The molecule has 1 aliphatic heterocycles. The number of H-pyrrole nitrogens is 1. The number of nitrogens with zero attached hydrogens (tertiary/aromatic N) is 2. The van der Waals surface area contributed by atoms with E-state index in [-0.39, 0.29) is 5.56 Å². The fourth-order valence-corrected chi connectivity index (χ4v) is 4.36. The van der Waals surface area contributed by atoms with Crippen LogP contribution in [-0.4, -0.2) is 60.3 Å². The first-order valence-corrected chi connectivity index (χ1v) is 11.9. The van der Waals surface area contributed by atoms with E-state index in [4.69, 9.17) is 21.7 Å². The number of rotatable bonds is 7. The lowest BCUT2D eigenvalue weighted by atomic mass is 10.1. The fourth-order valence-electron chi connectivity index (χ4n) is 4.09. The number of fused-ring (bicyclic) bond motifs is 2. The molecule has 8 heteroatoms. The van der Waals surface area contributed by atoms with Crippen molar-refractivity contribution >= 4 is 33.9 Å². The minimum atomic E-state index is -0.129. The molecule has 0 amide bonds. The molecule has 3 aromatic rings. The van der Waals surface area contributed by atoms with Gasteiger partial charge >= 0.3 is 0 Å². The number of nitrogens with one attached hydrogen (secondary N) is 2. The van der Waals surface area contributed by atoms with Crippen LogP contribution >= 0.6 is 12.2 Å². The number of benzene rings is 2. The van der Waals surface area contributed by atoms with Crippen LogP contribution in [0.2, 0.25) is 0 Å². The molecule has 4 rings (SSSR count). The smallest absolute Gasteiger partial charge is 0.253 e. The molecule has 7 nitrogen and oxygen atoms in total. The molecule has 0 aliphatic carbocycles. The van der Waals surface area contributed by atoms with Crippen molar-refractivity contribution in [3.8, 4) is 11.5 Å². The summed E-state index contributed by atoms with van der Waals surface area (Å²) in [4.78, 5) is 20.2. The van der Waals surface area contributed by atoms with Crippen LogP contribution in [0, 0.1) is 13.8 Å². The van der Waals surface area contributed by atoms with Gasteiger partial charge in [0.05, 0.1) is 12.1 Å². The Kier molecular flexibility index (Phi) is 7.38. The maximum absolute atomic E-state index is 13.0. The molecule has 0 bridgehead atoms. The highest BCUT2D eigenvalue weighted by Crippen LogP contribution is 2.33. The summed E-state index contributed by atoms with van der Waals surface area (Å²) in [6.45, 7) is 7.23. The van der Waals surface area contributed by atoms with Crippen LogP contribution in [0.5, 0.6) is 11.5 Å². The first-order chi connectivity index (χ1) is 16.3. The van der Waals surface area contributed by atoms with Gasteiger partial charge in [0.2, 0.25) is 0 Å². The Labute approximate surface area is 205 Å². The number of ether oxygens (including phenoxy) is 2. The van der Waals surface area contributed by atoms with Crippen LogP contribution in [0.15, 0.2) is 41.2 Å². The number of aromatic nitrogens is 1. The van der Waals surface area contributed by atoms with Gasteiger partial charge in [-0.15, -0.1) is 0 Å². The van der Waals surface area contributed by atoms with Gasteiger partial charge in [0.25, 0.3) is 5.56 Å². The van der Waals surface area contributed by atoms with E-state index >= 15 is 0 Å². The molecule has 2 aromatic carbocycles. The molecular weight excluding hydrogens is 448 g/mol. The molecule has 0 saturated carbocycles. The van der Waals surface area contributed by atoms with Gasteiger partial charge in [-0.2, -0.15) is 0 Å². The second-order valence-corrected chi connectivity index (χ2v) is 9.42. The zero-order valence-corrected chi connectivity index (χ0v) is 21.1. The molecule has 1 aromatic heterocycles. The zero-order valence-electron chi connectivity index (χ0n) is 20.2. The van der Waals surface area contributed by atoms with Crippen molar-refractivity contribution in [3.63, 3.8) is 0 Å². The van der Waals surface area contributed by atoms with Crippen molar-refractivity contribution in [2.75, 3.05) is 45.7 Å². The Morgan fingerprint density at radius 3 is 2.50 bits per heavy atom. The molecule has 0 fully saturated rings. The number of hydrogen-bond donors (Lipinski definition) is 2. The fraction of sp³-hybridized carbons (Fsp3) is 0.385. The third-order valence-electron chi connectivity index (χ3n) is 5.89. The van der Waals surface area contributed by atoms with Crippen molar-refractivity contribution in [2.45, 2.75) is 26.8 Å². The third-order valence-corrected chi connectivity index (χ3v) is 6.25. The number of aromatic amines is 1. The zero-order chi connectivity index (χ0) is 24.2. The van der Waals surface area contributed by atoms with E-state index < -0.39 is 0 Å². The number of thiocarbonyl (C=S) groups is 1. The summed E-state index contributed by atoms with van der Waals surface area (Å²) in [5.74, 6) is 1.36. The molecule has 2 N–H and O–H groups in total. The van der Waals surface area contributed by atoms with Crippen molar-refractivity contribution in [3.05, 3.63) is 63.4 Å². The van der Waals surface area contributed by atoms with Crippen molar-refractivity contribution in [2.24, 2.45) is 0 Å². The predicted molar refractivity (Wildman–Crippen MR) is 141 cm³/mol. The molecule has 0 atom stereocenters. The maximum atomic E-state index is 13.0. The Morgan fingerprint density at radius 1 is 1.06 bits per heavy atom. The molecule has 0 unspecified atom stereocenters. The molecule has 34 heavy (non-hydrogen) atoms. The number of aryl methyl sites for hydroxylation is 2. The van der Waals surface area contributed by atoms with Gasteiger partial charge in [0.15, 0.2) is 16.6 Å². The van der Waals surface area contributed by atoms with Gasteiger partial charge in [-0.3, -0.25) is 4.79 Å². The minimum Gasteiger partial charge on any atom is -0.486 e. The van der Waals surface area contributed by atoms with Gasteiger partial charge in [-0.05, 0) is 76.9 Å². The quantitative estimate of drug-likeness (QED) is 0.494. The van der Waals surface area contributed by atoms with Gasteiger partial charge in [-0.25, -0.2) is 0 Å². The van der Waals surface area contributed by atoms with Crippen LogP contribution in [-0.2, 0) is 6.54 Å². The molecule has 0 spiro atoms. The van der Waals surface area contributed by atoms with Crippen molar-refractivity contribution < 1.29 is 9.47 Å². The van der Waals surface area contributed by atoms with E-state index in [1.165, 1.54) is 5.56 Å². The number of anilines is 1. The molecule has 0 saturated heterocycles. The lowest BCUT2D eigenvalue weighted by molar-refractivity contribution is 0.172. The van der Waals surface area contributed by atoms with E-state index in [0.717, 1.165) is 41.7 Å². The SMILES string of the molecule is Cc1ccc(NC(=S)N(CCCN(C)C)Cc2cc3cc4c(cc3[nH]c2=O)OCCO4)c(C)c1. The van der Waals surface area contributed by atoms with Gasteiger partial charge in [-0.1, -0.05) is 17.7 Å². The predicted octanol–water partition coefficient (Wildman–Crippen LogP) is 4.07. The monoisotopic (exact) mass is 480 g/mol. The Bertz CT molecular complexity index is 1250. The Morgan fingerprint density at radius 2 is 1.79 bits per heavy atom.